The van der Waals surface area contributed by atoms with Gasteiger partial charge in [0.2, 0.25) is 5.60 Å². The van der Waals surface area contributed by atoms with Gasteiger partial charge in [0.05, 0.1) is 18.2 Å². The van der Waals surface area contributed by atoms with Crippen LogP contribution < -0.4 is 15.4 Å². The quantitative estimate of drug-likeness (QED) is 0.642. The molecule has 2 atom stereocenters. The largest absolute Gasteiger partial charge is 0.486 e. The van der Waals surface area contributed by atoms with E-state index < -0.39 is 29.8 Å². The number of nitrogens with one attached hydrogen (secondary N) is 2. The lowest BCUT2D eigenvalue weighted by Gasteiger charge is -2.30. The summed E-state index contributed by atoms with van der Waals surface area (Å²) in [6.45, 7) is 1.92. The number of carboxylic acids is 1. The van der Waals surface area contributed by atoms with Crippen LogP contribution in [0.4, 0.5) is 29.3 Å². The van der Waals surface area contributed by atoms with Gasteiger partial charge in [0.1, 0.15) is 11.9 Å². The Morgan fingerprint density at radius 2 is 2.03 bits per heavy atom. The summed E-state index contributed by atoms with van der Waals surface area (Å²) < 4.78 is 48.8. The third kappa shape index (κ3) is 5.04. The molecule has 1 aliphatic carbocycles. The summed E-state index contributed by atoms with van der Waals surface area (Å²) in [5, 5.41) is 14.7. The average molecular weight is 416 g/mol. The molecule has 0 aromatic heterocycles. The number of fused-ring (bicyclic) bond motifs is 1. The second kappa shape index (κ2) is 7.64. The third-order valence-electron chi connectivity index (χ3n) is 5.10. The average Bonchev–Trinajstić information content (AvgIpc) is 3.42. The van der Waals surface area contributed by atoms with Crippen molar-refractivity contribution in [1.82, 2.24) is 0 Å². The van der Waals surface area contributed by atoms with E-state index in [1.807, 2.05) is 0 Å². The zero-order chi connectivity index (χ0) is 21.4. The topological polar surface area (TPSA) is 96.9 Å². The fraction of sp³-hybridized carbons (Fsp3) is 0.579. The molecule has 1 aromatic carbocycles. The lowest BCUT2D eigenvalue weighted by molar-refractivity contribution is -0.242. The number of halogens is 3. The minimum absolute atomic E-state index is 0.205. The molecule has 2 aliphatic rings. The van der Waals surface area contributed by atoms with E-state index in [1.54, 1.807) is 6.07 Å². The Bertz CT molecular complexity index is 793. The van der Waals surface area contributed by atoms with Crippen molar-refractivity contribution < 1.29 is 37.3 Å². The molecular weight excluding hydrogens is 393 g/mol. The molecule has 0 saturated heterocycles. The van der Waals surface area contributed by atoms with Gasteiger partial charge in [-0.15, -0.1) is 0 Å². The third-order valence-corrected chi connectivity index (χ3v) is 5.10. The predicted molar refractivity (Wildman–Crippen MR) is 98.1 cm³/mol. The number of anilines is 2. The van der Waals surface area contributed by atoms with Gasteiger partial charge in [0.25, 0.3) is 0 Å². The molecule has 1 unspecified atom stereocenters. The molecule has 1 aromatic rings. The second-order valence-corrected chi connectivity index (χ2v) is 7.87. The SMILES string of the molecule is CC(C)(OC(=O)Nc1ccc2c(c1)NC[C@H](CC(C(=O)O)C1CC1)O2)C(F)(F)F. The Morgan fingerprint density at radius 3 is 2.62 bits per heavy atom. The van der Waals surface area contributed by atoms with Gasteiger partial charge in [-0.05, 0) is 57.2 Å². The van der Waals surface area contributed by atoms with Crippen LogP contribution in [0.15, 0.2) is 18.2 Å². The molecule has 3 N–H and O–H groups in total. The second-order valence-electron chi connectivity index (χ2n) is 7.87. The lowest BCUT2D eigenvalue weighted by atomic mass is 9.95. The van der Waals surface area contributed by atoms with E-state index in [2.05, 4.69) is 15.4 Å². The van der Waals surface area contributed by atoms with Crippen LogP contribution in [0.1, 0.15) is 33.1 Å². The highest BCUT2D eigenvalue weighted by Crippen LogP contribution is 2.41. The molecule has 1 fully saturated rings. The van der Waals surface area contributed by atoms with Crippen molar-refractivity contribution in [3.63, 3.8) is 0 Å². The maximum Gasteiger partial charge on any atom is 0.427 e. The standard InChI is InChI=1S/C19H23F3N2O5/c1-18(2,19(20,21)22)29-17(27)24-11-5-6-15-14(7-11)23-9-12(28-15)8-13(16(25)26)10-3-4-10/h5-7,10,12-13,23H,3-4,8-9H2,1-2H3,(H,24,27)(H,25,26)/t12-,13?/m0/s1. The molecule has 0 radical (unpaired) electrons. The normalized spacial score (nSPS) is 20.0. The molecular formula is C19H23F3N2O5. The van der Waals surface area contributed by atoms with Crippen LogP contribution in [0.5, 0.6) is 5.75 Å². The van der Waals surface area contributed by atoms with Crippen molar-refractivity contribution >= 4 is 23.4 Å². The van der Waals surface area contributed by atoms with Crippen molar-refractivity contribution in [3.8, 4) is 5.75 Å². The molecule has 7 nitrogen and oxygen atoms in total. The Balaban J connectivity index is 1.60. The number of carboxylic acid groups (broad SMARTS) is 1. The molecule has 1 heterocycles. The van der Waals surface area contributed by atoms with Crippen molar-refractivity contribution in [3.05, 3.63) is 18.2 Å². The highest BCUT2D eigenvalue weighted by Gasteiger charge is 2.51. The van der Waals surface area contributed by atoms with Gasteiger partial charge in [-0.1, -0.05) is 0 Å². The Morgan fingerprint density at radius 1 is 1.34 bits per heavy atom. The summed E-state index contributed by atoms with van der Waals surface area (Å²) in [6, 6.07) is 4.55. The number of carbonyl (C=O) groups is 2. The molecule has 10 heteroatoms. The first-order valence-corrected chi connectivity index (χ1v) is 9.30. The van der Waals surface area contributed by atoms with Crippen molar-refractivity contribution in [2.24, 2.45) is 11.8 Å². The highest BCUT2D eigenvalue weighted by molar-refractivity contribution is 5.86. The van der Waals surface area contributed by atoms with Crippen LogP contribution in [-0.2, 0) is 9.53 Å². The van der Waals surface area contributed by atoms with Crippen LogP contribution in [0.25, 0.3) is 0 Å². The number of rotatable bonds is 6. The number of amides is 1. The van der Waals surface area contributed by atoms with E-state index in [4.69, 9.17) is 4.74 Å². The summed E-state index contributed by atoms with van der Waals surface area (Å²) in [5.74, 6) is -0.565. The van der Waals surface area contributed by atoms with Crippen LogP contribution in [0.3, 0.4) is 0 Å². The van der Waals surface area contributed by atoms with Gasteiger partial charge in [0, 0.05) is 5.69 Å². The zero-order valence-corrected chi connectivity index (χ0v) is 16.0. The van der Waals surface area contributed by atoms with E-state index in [0.29, 0.717) is 24.4 Å². The number of alkyl halides is 3. The van der Waals surface area contributed by atoms with Gasteiger partial charge in [-0.25, -0.2) is 4.79 Å². The molecule has 1 amide bonds. The lowest BCUT2D eigenvalue weighted by Crippen LogP contribution is -2.44. The van der Waals surface area contributed by atoms with Crippen LogP contribution in [0, 0.1) is 11.8 Å². The van der Waals surface area contributed by atoms with Gasteiger partial charge in [-0.3, -0.25) is 10.1 Å². The van der Waals surface area contributed by atoms with Crippen molar-refractivity contribution in [2.75, 3.05) is 17.2 Å². The minimum Gasteiger partial charge on any atom is -0.486 e. The number of aliphatic carboxylic acids is 1. The molecule has 1 saturated carbocycles. The number of benzene rings is 1. The number of ether oxygens (including phenoxy) is 2. The molecule has 29 heavy (non-hydrogen) atoms. The van der Waals surface area contributed by atoms with Gasteiger partial charge in [-0.2, -0.15) is 13.2 Å². The molecule has 160 valence electrons. The molecule has 0 spiro atoms. The first-order chi connectivity index (χ1) is 13.5. The van der Waals surface area contributed by atoms with Crippen molar-refractivity contribution in [1.29, 1.82) is 0 Å². The van der Waals surface area contributed by atoms with E-state index in [0.717, 1.165) is 26.7 Å². The maximum absolute atomic E-state index is 12.8. The van der Waals surface area contributed by atoms with Crippen LogP contribution >= 0.6 is 0 Å². The molecule has 0 bridgehead atoms. The summed E-state index contributed by atoms with van der Waals surface area (Å²) in [6.07, 6.45) is -3.99. The fourth-order valence-corrected chi connectivity index (χ4v) is 3.13. The molecule has 3 rings (SSSR count). The Labute approximate surface area is 165 Å². The van der Waals surface area contributed by atoms with E-state index in [1.165, 1.54) is 12.1 Å². The number of hydrogen-bond acceptors (Lipinski definition) is 5. The van der Waals surface area contributed by atoms with Gasteiger partial charge in [0.15, 0.2) is 0 Å². The zero-order valence-electron chi connectivity index (χ0n) is 16.0. The number of hydrogen-bond donors (Lipinski definition) is 3. The minimum atomic E-state index is -4.70. The molecule has 1 aliphatic heterocycles. The monoisotopic (exact) mass is 416 g/mol. The Hall–Kier alpha value is -2.65. The summed E-state index contributed by atoms with van der Waals surface area (Å²) in [7, 11) is 0. The maximum atomic E-state index is 12.8. The first kappa shape index (κ1) is 21.1. The fourth-order valence-electron chi connectivity index (χ4n) is 3.13. The summed E-state index contributed by atoms with van der Waals surface area (Å²) in [5.41, 5.74) is -1.84. The van der Waals surface area contributed by atoms with Crippen molar-refractivity contribution in [2.45, 2.75) is 51.0 Å². The van der Waals surface area contributed by atoms with E-state index in [9.17, 15) is 27.9 Å². The summed E-state index contributed by atoms with van der Waals surface area (Å²) in [4.78, 5) is 23.2. The highest BCUT2D eigenvalue weighted by atomic mass is 19.4. The predicted octanol–water partition coefficient (Wildman–Crippen LogP) is 4.25. The van der Waals surface area contributed by atoms with Crippen LogP contribution in [-0.4, -0.2) is 41.6 Å². The first-order valence-electron chi connectivity index (χ1n) is 9.30. The summed E-state index contributed by atoms with van der Waals surface area (Å²) >= 11 is 0. The number of carbonyl (C=O) groups excluding carboxylic acids is 1. The smallest absolute Gasteiger partial charge is 0.427 e. The van der Waals surface area contributed by atoms with E-state index in [-0.39, 0.29) is 17.7 Å². The van der Waals surface area contributed by atoms with E-state index >= 15 is 0 Å². The Kier molecular flexibility index (Phi) is 5.55. The van der Waals surface area contributed by atoms with Crippen LogP contribution in [0.2, 0.25) is 0 Å². The van der Waals surface area contributed by atoms with Gasteiger partial charge < -0.3 is 19.9 Å². The van der Waals surface area contributed by atoms with Gasteiger partial charge >= 0.3 is 18.2 Å².